The molecule has 0 aromatic heterocycles. The predicted molar refractivity (Wildman–Crippen MR) is 85.0 cm³/mol. The van der Waals surface area contributed by atoms with Crippen LogP contribution in [0.1, 0.15) is 36.5 Å². The minimum absolute atomic E-state index is 0.521. The lowest BCUT2D eigenvalue weighted by Gasteiger charge is -2.16. The Morgan fingerprint density at radius 3 is 2.30 bits per heavy atom. The van der Waals surface area contributed by atoms with Crippen molar-refractivity contribution in [2.24, 2.45) is 0 Å². The van der Waals surface area contributed by atoms with Gasteiger partial charge in [-0.25, -0.2) is 0 Å². The fraction of sp³-hybridized carbons (Fsp3) is 0.333. The molecule has 0 atom stereocenters. The van der Waals surface area contributed by atoms with E-state index in [9.17, 15) is 0 Å². The number of ether oxygens (including phenoxy) is 1. The Kier molecular flexibility index (Phi) is 5.19. The van der Waals surface area contributed by atoms with Crippen molar-refractivity contribution in [1.29, 1.82) is 0 Å². The lowest BCUT2D eigenvalue weighted by Crippen LogP contribution is -2.06. The van der Waals surface area contributed by atoms with E-state index >= 15 is 0 Å². The van der Waals surface area contributed by atoms with Crippen LogP contribution in [-0.4, -0.2) is 7.11 Å². The van der Waals surface area contributed by atoms with Crippen LogP contribution in [0.3, 0.4) is 0 Å². The molecule has 0 amide bonds. The Morgan fingerprint density at radius 2 is 1.60 bits per heavy atom. The van der Waals surface area contributed by atoms with Crippen LogP contribution < -0.4 is 5.32 Å². The first-order valence-corrected chi connectivity index (χ1v) is 7.11. The number of para-hydroxylation sites is 1. The van der Waals surface area contributed by atoms with Gasteiger partial charge in [-0.05, 0) is 28.7 Å². The van der Waals surface area contributed by atoms with E-state index in [4.69, 9.17) is 4.74 Å². The van der Waals surface area contributed by atoms with Gasteiger partial charge in [-0.1, -0.05) is 56.3 Å². The number of anilines is 1. The maximum Gasteiger partial charge on any atom is 0.0716 e. The van der Waals surface area contributed by atoms with E-state index in [-0.39, 0.29) is 0 Å². The van der Waals surface area contributed by atoms with Gasteiger partial charge in [0.05, 0.1) is 6.61 Å². The molecule has 0 aliphatic rings. The molecule has 0 aliphatic heterocycles. The van der Waals surface area contributed by atoms with E-state index in [1.807, 2.05) is 0 Å². The van der Waals surface area contributed by atoms with Crippen molar-refractivity contribution in [2.75, 3.05) is 12.4 Å². The monoisotopic (exact) mass is 269 g/mol. The molecule has 0 fully saturated rings. The molecule has 0 heterocycles. The van der Waals surface area contributed by atoms with E-state index in [1.54, 1.807) is 7.11 Å². The van der Waals surface area contributed by atoms with Crippen LogP contribution in [-0.2, 0) is 17.9 Å². The highest BCUT2D eigenvalue weighted by Crippen LogP contribution is 2.24. The zero-order valence-corrected chi connectivity index (χ0v) is 12.5. The molecule has 0 saturated carbocycles. The minimum Gasteiger partial charge on any atom is -0.381 e. The largest absolute Gasteiger partial charge is 0.381 e. The van der Waals surface area contributed by atoms with Gasteiger partial charge in [0.25, 0.3) is 0 Å². The normalized spacial score (nSPS) is 10.8. The minimum atomic E-state index is 0.521. The van der Waals surface area contributed by atoms with Gasteiger partial charge in [-0.2, -0.15) is 0 Å². The highest BCUT2D eigenvalue weighted by Gasteiger charge is 2.06. The Hall–Kier alpha value is -1.80. The molecule has 2 rings (SSSR count). The number of rotatable bonds is 6. The van der Waals surface area contributed by atoms with Gasteiger partial charge in [-0.15, -0.1) is 0 Å². The van der Waals surface area contributed by atoms with Gasteiger partial charge >= 0.3 is 0 Å². The molecular weight excluding hydrogens is 246 g/mol. The predicted octanol–water partition coefficient (Wildman–Crippen LogP) is 4.57. The van der Waals surface area contributed by atoms with Crippen LogP contribution in [0.4, 0.5) is 5.69 Å². The molecule has 0 unspecified atom stereocenters. The van der Waals surface area contributed by atoms with Crippen molar-refractivity contribution in [2.45, 2.75) is 32.9 Å². The summed E-state index contributed by atoms with van der Waals surface area (Å²) in [6.07, 6.45) is 0. The van der Waals surface area contributed by atoms with Gasteiger partial charge in [0, 0.05) is 19.3 Å². The second kappa shape index (κ2) is 7.11. The molecule has 0 spiro atoms. The first-order valence-electron chi connectivity index (χ1n) is 7.11. The van der Waals surface area contributed by atoms with Crippen molar-refractivity contribution < 1.29 is 4.74 Å². The lowest BCUT2D eigenvalue weighted by molar-refractivity contribution is 0.184. The van der Waals surface area contributed by atoms with Gasteiger partial charge in [0.15, 0.2) is 0 Å². The van der Waals surface area contributed by atoms with Crippen LogP contribution >= 0.6 is 0 Å². The smallest absolute Gasteiger partial charge is 0.0716 e. The maximum absolute atomic E-state index is 5.25. The Labute approximate surface area is 121 Å². The number of methoxy groups -OCH3 is 1. The second-order valence-electron chi connectivity index (χ2n) is 5.30. The summed E-state index contributed by atoms with van der Waals surface area (Å²) in [5, 5.41) is 3.55. The van der Waals surface area contributed by atoms with Gasteiger partial charge < -0.3 is 10.1 Å². The van der Waals surface area contributed by atoms with Gasteiger partial charge in [0.1, 0.15) is 0 Å². The van der Waals surface area contributed by atoms with E-state index in [0.29, 0.717) is 12.5 Å². The molecule has 106 valence electrons. The summed E-state index contributed by atoms with van der Waals surface area (Å²) >= 11 is 0. The van der Waals surface area contributed by atoms with Crippen LogP contribution in [0.2, 0.25) is 0 Å². The Morgan fingerprint density at radius 1 is 0.950 bits per heavy atom. The third-order valence-electron chi connectivity index (χ3n) is 3.47. The molecule has 2 aromatic rings. The van der Waals surface area contributed by atoms with E-state index in [0.717, 1.165) is 6.54 Å². The molecule has 0 saturated heterocycles. The van der Waals surface area contributed by atoms with Crippen molar-refractivity contribution in [3.63, 3.8) is 0 Å². The zero-order valence-electron chi connectivity index (χ0n) is 12.5. The molecule has 0 aliphatic carbocycles. The van der Waals surface area contributed by atoms with Gasteiger partial charge in [0.2, 0.25) is 0 Å². The van der Waals surface area contributed by atoms with Crippen LogP contribution in [0, 0.1) is 0 Å². The molecule has 20 heavy (non-hydrogen) atoms. The fourth-order valence-electron chi connectivity index (χ4n) is 2.38. The number of benzene rings is 2. The second-order valence-corrected chi connectivity index (χ2v) is 5.30. The number of hydrogen-bond donors (Lipinski definition) is 1. The maximum atomic E-state index is 5.25. The fourth-order valence-corrected chi connectivity index (χ4v) is 2.38. The molecule has 0 radical (unpaired) electrons. The SMILES string of the molecule is COCc1ccccc1CNc1ccccc1C(C)C. The number of hydrogen-bond acceptors (Lipinski definition) is 2. The molecule has 1 N–H and O–H groups in total. The lowest BCUT2D eigenvalue weighted by atomic mass is 10.0. The van der Waals surface area contributed by atoms with E-state index in [2.05, 4.69) is 67.7 Å². The number of nitrogens with one attached hydrogen (secondary N) is 1. The highest BCUT2D eigenvalue weighted by atomic mass is 16.5. The van der Waals surface area contributed by atoms with Crippen molar-refractivity contribution >= 4 is 5.69 Å². The first kappa shape index (κ1) is 14.6. The topological polar surface area (TPSA) is 21.3 Å². The van der Waals surface area contributed by atoms with Crippen molar-refractivity contribution in [3.8, 4) is 0 Å². The van der Waals surface area contributed by atoms with Crippen LogP contribution in [0.15, 0.2) is 48.5 Å². The summed E-state index contributed by atoms with van der Waals surface area (Å²) < 4.78 is 5.25. The van der Waals surface area contributed by atoms with Crippen molar-refractivity contribution in [3.05, 3.63) is 65.2 Å². The average Bonchev–Trinajstić information content (AvgIpc) is 2.47. The van der Waals surface area contributed by atoms with Crippen LogP contribution in [0.5, 0.6) is 0 Å². The standard InChI is InChI=1S/C18H23NO/c1-14(2)17-10-6-7-11-18(17)19-12-15-8-4-5-9-16(15)13-20-3/h4-11,14,19H,12-13H2,1-3H3. The summed E-state index contributed by atoms with van der Waals surface area (Å²) in [6.45, 7) is 5.92. The molecule has 2 nitrogen and oxygen atoms in total. The summed E-state index contributed by atoms with van der Waals surface area (Å²) in [5.74, 6) is 0.521. The van der Waals surface area contributed by atoms with Gasteiger partial charge in [-0.3, -0.25) is 0 Å². The van der Waals surface area contributed by atoms with E-state index < -0.39 is 0 Å². The third kappa shape index (κ3) is 3.61. The quantitative estimate of drug-likeness (QED) is 0.829. The van der Waals surface area contributed by atoms with Crippen molar-refractivity contribution in [1.82, 2.24) is 0 Å². The Balaban J connectivity index is 2.13. The zero-order chi connectivity index (χ0) is 14.4. The summed E-state index contributed by atoms with van der Waals surface area (Å²) in [7, 11) is 1.73. The highest BCUT2D eigenvalue weighted by molar-refractivity contribution is 5.53. The summed E-state index contributed by atoms with van der Waals surface area (Å²) in [6, 6.07) is 16.9. The van der Waals surface area contributed by atoms with E-state index in [1.165, 1.54) is 22.4 Å². The van der Waals surface area contributed by atoms with Crippen LogP contribution in [0.25, 0.3) is 0 Å². The summed E-state index contributed by atoms with van der Waals surface area (Å²) in [5.41, 5.74) is 5.10. The summed E-state index contributed by atoms with van der Waals surface area (Å²) in [4.78, 5) is 0. The Bertz CT molecular complexity index is 549. The molecule has 2 heteroatoms. The molecular formula is C18H23NO. The molecule has 0 bridgehead atoms. The average molecular weight is 269 g/mol. The third-order valence-corrected chi connectivity index (χ3v) is 3.47. The first-order chi connectivity index (χ1) is 9.72. The molecule has 2 aromatic carbocycles.